The van der Waals surface area contributed by atoms with Gasteiger partial charge in [0.2, 0.25) is 5.91 Å². The molecule has 1 saturated heterocycles. The lowest BCUT2D eigenvalue weighted by molar-refractivity contribution is -0.140. The number of guanidine groups is 1. The van der Waals surface area contributed by atoms with Crippen molar-refractivity contribution in [2.24, 2.45) is 4.99 Å². The number of nitrogens with zero attached hydrogens (tertiary/aromatic N) is 2. The molecule has 0 atom stereocenters. The zero-order valence-electron chi connectivity index (χ0n) is 15.6. The number of carbonyl (C=O) groups excluding carboxylic acids is 2. The Morgan fingerprint density at radius 3 is 2.62 bits per heavy atom. The van der Waals surface area contributed by atoms with E-state index in [1.54, 1.807) is 7.05 Å². The number of hydrogen-bond acceptors (Lipinski definition) is 4. The minimum absolute atomic E-state index is 0.174. The number of aliphatic imine (C=N–C) groups is 1. The Morgan fingerprint density at radius 2 is 2.00 bits per heavy atom. The summed E-state index contributed by atoms with van der Waals surface area (Å²) in [4.78, 5) is 28.9. The molecule has 1 amide bonds. The highest BCUT2D eigenvalue weighted by atomic mass is 16.5. The first-order valence-corrected chi connectivity index (χ1v) is 9.04. The number of ether oxygens (including phenoxy) is 1. The summed E-state index contributed by atoms with van der Waals surface area (Å²) in [6.45, 7) is 2.20. The molecule has 1 aromatic carbocycles. The molecule has 0 aliphatic carbocycles. The number of rotatable bonds is 8. The average molecular weight is 360 g/mol. The van der Waals surface area contributed by atoms with E-state index in [2.05, 4.69) is 20.4 Å². The minimum Gasteiger partial charge on any atom is -0.469 e. The van der Waals surface area contributed by atoms with E-state index < -0.39 is 0 Å². The Hall–Kier alpha value is -2.57. The van der Waals surface area contributed by atoms with E-state index >= 15 is 0 Å². The summed E-state index contributed by atoms with van der Waals surface area (Å²) in [6.07, 6.45) is 3.67. The number of anilines is 1. The molecule has 1 fully saturated rings. The molecular formula is C19H28N4O3. The third-order valence-corrected chi connectivity index (χ3v) is 4.33. The maximum atomic E-state index is 11.8. The molecule has 142 valence electrons. The summed E-state index contributed by atoms with van der Waals surface area (Å²) in [7, 11) is 3.13. The van der Waals surface area contributed by atoms with Crippen LogP contribution in [0.15, 0.2) is 29.3 Å². The molecule has 2 rings (SSSR count). The van der Waals surface area contributed by atoms with Crippen LogP contribution >= 0.6 is 0 Å². The molecule has 0 aromatic heterocycles. The Balaban J connectivity index is 1.71. The van der Waals surface area contributed by atoms with Gasteiger partial charge in [0.25, 0.3) is 0 Å². The predicted molar refractivity (Wildman–Crippen MR) is 102 cm³/mol. The van der Waals surface area contributed by atoms with Crippen LogP contribution < -0.4 is 15.5 Å². The van der Waals surface area contributed by atoms with E-state index in [0.29, 0.717) is 19.4 Å². The number of nitrogens with one attached hydrogen (secondary N) is 2. The van der Waals surface area contributed by atoms with Crippen molar-refractivity contribution >= 4 is 23.5 Å². The summed E-state index contributed by atoms with van der Waals surface area (Å²) in [5.74, 6) is 0.751. The fourth-order valence-corrected chi connectivity index (χ4v) is 2.82. The van der Waals surface area contributed by atoms with Gasteiger partial charge < -0.3 is 20.3 Å². The topological polar surface area (TPSA) is 83.0 Å². The standard InChI is InChI=1S/C19H28N4O3/c1-20-19(21-12-4-3-7-18(25)26-2)22-14-15-8-10-16(11-9-15)23-13-5-6-17(23)24/h8-11H,3-7,12-14H2,1-2H3,(H2,20,21,22). The smallest absolute Gasteiger partial charge is 0.305 e. The van der Waals surface area contributed by atoms with Gasteiger partial charge in [-0.1, -0.05) is 12.1 Å². The number of esters is 1. The SMILES string of the molecule is CN=C(NCCCCC(=O)OC)NCc1ccc(N2CCCC2=O)cc1. The second-order valence-corrected chi connectivity index (χ2v) is 6.20. The molecule has 0 radical (unpaired) electrons. The second kappa shape index (κ2) is 10.4. The Kier molecular flexibility index (Phi) is 7.92. The normalized spacial score (nSPS) is 14.5. The first kappa shape index (κ1) is 19.8. The number of unbranched alkanes of at least 4 members (excludes halogenated alkanes) is 1. The summed E-state index contributed by atoms with van der Waals surface area (Å²) in [5.41, 5.74) is 2.08. The maximum Gasteiger partial charge on any atom is 0.305 e. The highest BCUT2D eigenvalue weighted by molar-refractivity contribution is 5.95. The summed E-state index contributed by atoms with van der Waals surface area (Å²) in [6, 6.07) is 8.03. The Labute approximate surface area is 154 Å². The fourth-order valence-electron chi connectivity index (χ4n) is 2.82. The lowest BCUT2D eigenvalue weighted by Gasteiger charge is -2.16. The third-order valence-electron chi connectivity index (χ3n) is 4.33. The summed E-state index contributed by atoms with van der Waals surface area (Å²) < 4.78 is 4.62. The van der Waals surface area contributed by atoms with Crippen LogP contribution in [-0.4, -0.2) is 45.1 Å². The van der Waals surface area contributed by atoms with Gasteiger partial charge in [0.05, 0.1) is 7.11 Å². The van der Waals surface area contributed by atoms with Gasteiger partial charge in [-0.25, -0.2) is 0 Å². The molecule has 26 heavy (non-hydrogen) atoms. The number of carbonyl (C=O) groups is 2. The predicted octanol–water partition coefficient (Wildman–Crippen LogP) is 1.82. The van der Waals surface area contributed by atoms with Crippen LogP contribution in [0.4, 0.5) is 5.69 Å². The van der Waals surface area contributed by atoms with Crippen LogP contribution in [0.25, 0.3) is 0 Å². The number of benzene rings is 1. The zero-order chi connectivity index (χ0) is 18.8. The van der Waals surface area contributed by atoms with E-state index in [0.717, 1.165) is 49.6 Å². The molecule has 1 heterocycles. The lowest BCUT2D eigenvalue weighted by Crippen LogP contribution is -2.37. The number of methoxy groups -OCH3 is 1. The van der Waals surface area contributed by atoms with Gasteiger partial charge in [-0.2, -0.15) is 0 Å². The minimum atomic E-state index is -0.174. The van der Waals surface area contributed by atoms with Crippen molar-refractivity contribution in [3.63, 3.8) is 0 Å². The van der Waals surface area contributed by atoms with Crippen molar-refractivity contribution in [3.8, 4) is 0 Å². The molecular weight excluding hydrogens is 332 g/mol. The quantitative estimate of drug-likeness (QED) is 0.320. The first-order chi connectivity index (χ1) is 12.6. The van der Waals surface area contributed by atoms with E-state index in [1.807, 2.05) is 29.2 Å². The van der Waals surface area contributed by atoms with Crippen LogP contribution in [0.1, 0.15) is 37.7 Å². The van der Waals surface area contributed by atoms with Gasteiger partial charge in [-0.3, -0.25) is 14.6 Å². The van der Waals surface area contributed by atoms with E-state index in [1.165, 1.54) is 7.11 Å². The molecule has 1 aromatic rings. The Bertz CT molecular complexity index is 628. The van der Waals surface area contributed by atoms with E-state index in [-0.39, 0.29) is 11.9 Å². The lowest BCUT2D eigenvalue weighted by atomic mass is 10.2. The van der Waals surface area contributed by atoms with Crippen LogP contribution in [-0.2, 0) is 20.9 Å². The molecule has 0 saturated carbocycles. The number of hydrogen-bond donors (Lipinski definition) is 2. The molecule has 0 spiro atoms. The second-order valence-electron chi connectivity index (χ2n) is 6.20. The summed E-state index contributed by atoms with van der Waals surface area (Å²) in [5, 5.41) is 6.49. The van der Waals surface area contributed by atoms with Crippen molar-refractivity contribution < 1.29 is 14.3 Å². The molecule has 7 heteroatoms. The average Bonchev–Trinajstić information content (AvgIpc) is 3.10. The molecule has 1 aliphatic heterocycles. The van der Waals surface area contributed by atoms with E-state index in [4.69, 9.17) is 0 Å². The van der Waals surface area contributed by atoms with Gasteiger partial charge in [0.1, 0.15) is 0 Å². The van der Waals surface area contributed by atoms with E-state index in [9.17, 15) is 9.59 Å². The van der Waals surface area contributed by atoms with Gasteiger partial charge in [0.15, 0.2) is 5.96 Å². The molecule has 0 unspecified atom stereocenters. The highest BCUT2D eigenvalue weighted by Crippen LogP contribution is 2.21. The highest BCUT2D eigenvalue weighted by Gasteiger charge is 2.21. The van der Waals surface area contributed by atoms with Crippen molar-refractivity contribution in [2.75, 3.05) is 32.1 Å². The molecule has 1 aliphatic rings. The zero-order valence-corrected chi connectivity index (χ0v) is 15.6. The van der Waals surface area contributed by atoms with Gasteiger partial charge in [-0.05, 0) is 37.0 Å². The summed E-state index contributed by atoms with van der Waals surface area (Å²) >= 11 is 0. The van der Waals surface area contributed by atoms with Crippen molar-refractivity contribution in [1.82, 2.24) is 10.6 Å². The van der Waals surface area contributed by atoms with Crippen molar-refractivity contribution in [1.29, 1.82) is 0 Å². The van der Waals surface area contributed by atoms with Crippen LogP contribution in [0.2, 0.25) is 0 Å². The fraction of sp³-hybridized carbons (Fsp3) is 0.526. The van der Waals surface area contributed by atoms with Crippen molar-refractivity contribution in [3.05, 3.63) is 29.8 Å². The molecule has 7 nitrogen and oxygen atoms in total. The van der Waals surface area contributed by atoms with Crippen molar-refractivity contribution in [2.45, 2.75) is 38.6 Å². The largest absolute Gasteiger partial charge is 0.469 e. The van der Waals surface area contributed by atoms with Crippen LogP contribution in [0.5, 0.6) is 0 Å². The third kappa shape index (κ3) is 6.06. The van der Waals surface area contributed by atoms with Crippen LogP contribution in [0, 0.1) is 0 Å². The van der Waals surface area contributed by atoms with Gasteiger partial charge in [-0.15, -0.1) is 0 Å². The van der Waals surface area contributed by atoms with Gasteiger partial charge >= 0.3 is 5.97 Å². The van der Waals surface area contributed by atoms with Gasteiger partial charge in [0, 0.05) is 45.2 Å². The molecule has 2 N–H and O–H groups in total. The monoisotopic (exact) mass is 360 g/mol. The Morgan fingerprint density at radius 1 is 1.23 bits per heavy atom. The maximum absolute atomic E-state index is 11.8. The molecule has 0 bridgehead atoms. The number of amides is 1. The first-order valence-electron chi connectivity index (χ1n) is 9.04. The van der Waals surface area contributed by atoms with Crippen LogP contribution in [0.3, 0.4) is 0 Å².